The van der Waals surface area contributed by atoms with Gasteiger partial charge in [0.05, 0.1) is 11.4 Å². The van der Waals surface area contributed by atoms with Gasteiger partial charge < -0.3 is 10.1 Å². The first kappa shape index (κ1) is 16.5. The van der Waals surface area contributed by atoms with E-state index in [0.717, 1.165) is 27.9 Å². The predicted octanol–water partition coefficient (Wildman–Crippen LogP) is 2.86. The molecule has 3 heterocycles. The second-order valence-corrected chi connectivity index (χ2v) is 7.32. The summed E-state index contributed by atoms with van der Waals surface area (Å²) in [5, 5.41) is 13.0. The Labute approximate surface area is 154 Å². The third-order valence-corrected chi connectivity index (χ3v) is 5.66. The van der Waals surface area contributed by atoms with Gasteiger partial charge in [-0.3, -0.25) is 9.36 Å². The summed E-state index contributed by atoms with van der Waals surface area (Å²) in [6, 6.07) is 9.59. The fourth-order valence-corrected chi connectivity index (χ4v) is 4.17. The summed E-state index contributed by atoms with van der Waals surface area (Å²) in [6.45, 7) is 2.09. The number of benzene rings is 1. The maximum atomic E-state index is 13.1. The lowest BCUT2D eigenvalue weighted by atomic mass is 10.1. The number of thiophene rings is 1. The highest BCUT2D eigenvalue weighted by Crippen LogP contribution is 2.34. The van der Waals surface area contributed by atoms with Crippen molar-refractivity contribution in [3.05, 3.63) is 64.0 Å². The molecule has 132 valence electrons. The SMILES string of the molecule is CCc1ccc(-n2cnc3c(sc4c3c(N(C)C)cc[n+]4[O-])c2=O)cc1. The van der Waals surface area contributed by atoms with Crippen molar-refractivity contribution in [3.8, 4) is 5.69 Å². The van der Waals surface area contributed by atoms with Crippen LogP contribution in [0, 0.1) is 5.21 Å². The molecular formula is C19H18N4O2S. The van der Waals surface area contributed by atoms with E-state index < -0.39 is 0 Å². The molecule has 0 N–H and O–H groups in total. The molecule has 0 bridgehead atoms. The third kappa shape index (κ3) is 2.43. The van der Waals surface area contributed by atoms with E-state index in [1.54, 1.807) is 12.4 Å². The summed E-state index contributed by atoms with van der Waals surface area (Å²) in [7, 11) is 3.81. The Kier molecular flexibility index (Phi) is 3.88. The van der Waals surface area contributed by atoms with Crippen molar-refractivity contribution in [1.29, 1.82) is 0 Å². The van der Waals surface area contributed by atoms with Crippen LogP contribution in [0.1, 0.15) is 12.5 Å². The van der Waals surface area contributed by atoms with Gasteiger partial charge in [-0.25, -0.2) is 4.98 Å². The van der Waals surface area contributed by atoms with Crippen molar-refractivity contribution in [3.63, 3.8) is 0 Å². The van der Waals surface area contributed by atoms with Crippen LogP contribution in [0.25, 0.3) is 26.1 Å². The predicted molar refractivity (Wildman–Crippen MR) is 105 cm³/mol. The minimum absolute atomic E-state index is 0.162. The van der Waals surface area contributed by atoms with Gasteiger partial charge in [0.25, 0.3) is 10.4 Å². The third-order valence-electron chi connectivity index (χ3n) is 4.51. The topological polar surface area (TPSA) is 65.1 Å². The lowest BCUT2D eigenvalue weighted by molar-refractivity contribution is -0.574. The van der Waals surface area contributed by atoms with Gasteiger partial charge in [-0.05, 0) is 24.1 Å². The first-order valence-corrected chi connectivity index (χ1v) is 9.15. The minimum Gasteiger partial charge on any atom is -0.618 e. The fraction of sp³-hybridized carbons (Fsp3) is 0.211. The lowest BCUT2D eigenvalue weighted by Crippen LogP contribution is -2.26. The number of hydrogen-bond donors (Lipinski definition) is 0. The highest BCUT2D eigenvalue weighted by molar-refractivity contribution is 7.25. The van der Waals surface area contributed by atoms with E-state index in [1.807, 2.05) is 43.3 Å². The number of aromatic nitrogens is 3. The van der Waals surface area contributed by atoms with E-state index in [1.165, 1.54) is 27.7 Å². The first-order chi connectivity index (χ1) is 12.5. The molecule has 0 aliphatic heterocycles. The molecule has 3 aromatic heterocycles. The minimum atomic E-state index is -0.162. The number of fused-ring (bicyclic) bond motifs is 3. The van der Waals surface area contributed by atoms with E-state index in [0.29, 0.717) is 15.0 Å². The quantitative estimate of drug-likeness (QED) is 0.413. The number of nitrogens with zero attached hydrogens (tertiary/aromatic N) is 4. The molecule has 6 nitrogen and oxygen atoms in total. The zero-order chi connectivity index (χ0) is 18.4. The van der Waals surface area contributed by atoms with Crippen LogP contribution in [0.4, 0.5) is 5.69 Å². The number of anilines is 1. The van der Waals surface area contributed by atoms with Crippen molar-refractivity contribution >= 4 is 37.5 Å². The van der Waals surface area contributed by atoms with Crippen molar-refractivity contribution < 1.29 is 4.73 Å². The molecule has 0 atom stereocenters. The normalized spacial score (nSPS) is 11.3. The first-order valence-electron chi connectivity index (χ1n) is 8.34. The molecule has 4 aromatic rings. The second-order valence-electron chi connectivity index (χ2n) is 6.32. The molecule has 0 fully saturated rings. The number of rotatable bonds is 3. The van der Waals surface area contributed by atoms with Gasteiger partial charge in [-0.1, -0.05) is 30.4 Å². The van der Waals surface area contributed by atoms with Gasteiger partial charge in [0.2, 0.25) is 0 Å². The van der Waals surface area contributed by atoms with Gasteiger partial charge in [0.1, 0.15) is 21.9 Å². The van der Waals surface area contributed by atoms with E-state index in [-0.39, 0.29) is 5.56 Å². The molecule has 4 rings (SSSR count). The second kappa shape index (κ2) is 6.10. The van der Waals surface area contributed by atoms with Crippen molar-refractivity contribution in [2.24, 2.45) is 0 Å². The molecule has 26 heavy (non-hydrogen) atoms. The van der Waals surface area contributed by atoms with Crippen LogP contribution in [-0.4, -0.2) is 23.6 Å². The van der Waals surface area contributed by atoms with E-state index >= 15 is 0 Å². The smallest absolute Gasteiger partial charge is 0.285 e. The molecule has 0 spiro atoms. The summed E-state index contributed by atoms with van der Waals surface area (Å²) in [5.41, 5.74) is 3.26. The van der Waals surface area contributed by atoms with Gasteiger partial charge in [-0.15, -0.1) is 0 Å². The number of hydrogen-bond acceptors (Lipinski definition) is 5. The molecule has 7 heteroatoms. The number of pyridine rings is 1. The Morgan fingerprint density at radius 1 is 1.23 bits per heavy atom. The highest BCUT2D eigenvalue weighted by Gasteiger charge is 2.21. The van der Waals surface area contributed by atoms with Crippen LogP contribution in [0.15, 0.2) is 47.7 Å². The Hall–Kier alpha value is -2.93. The zero-order valence-electron chi connectivity index (χ0n) is 14.8. The fourth-order valence-electron chi connectivity index (χ4n) is 3.08. The van der Waals surface area contributed by atoms with Gasteiger partial charge in [0.15, 0.2) is 6.20 Å². The molecule has 0 amide bonds. The van der Waals surface area contributed by atoms with Crippen molar-refractivity contribution in [2.75, 3.05) is 19.0 Å². The lowest BCUT2D eigenvalue weighted by Gasteiger charge is -2.13. The molecule has 0 unspecified atom stereocenters. The molecule has 0 saturated heterocycles. The van der Waals surface area contributed by atoms with Gasteiger partial charge >= 0.3 is 0 Å². The van der Waals surface area contributed by atoms with Crippen molar-refractivity contribution in [1.82, 2.24) is 9.55 Å². The molecule has 0 aliphatic carbocycles. The largest absolute Gasteiger partial charge is 0.618 e. The van der Waals surface area contributed by atoms with E-state index in [4.69, 9.17) is 0 Å². The van der Waals surface area contributed by atoms with Crippen LogP contribution < -0.4 is 15.2 Å². The van der Waals surface area contributed by atoms with E-state index in [2.05, 4.69) is 11.9 Å². The van der Waals surface area contributed by atoms with Crippen LogP contribution in [-0.2, 0) is 6.42 Å². The van der Waals surface area contributed by atoms with Gasteiger partial charge in [-0.2, -0.15) is 4.73 Å². The van der Waals surface area contributed by atoms with Crippen LogP contribution in [0.2, 0.25) is 0 Å². The van der Waals surface area contributed by atoms with Crippen molar-refractivity contribution in [2.45, 2.75) is 13.3 Å². The molecule has 1 aromatic carbocycles. The zero-order valence-corrected chi connectivity index (χ0v) is 15.6. The standard InChI is InChI=1S/C19H18N4O2S/c1-4-12-5-7-13(8-6-12)22-11-20-16-15-14(21(2)3)9-10-23(25)19(15)26-17(16)18(22)24/h5-11H,4H2,1-3H3. The molecule has 0 saturated carbocycles. The Morgan fingerprint density at radius 2 is 1.96 bits per heavy atom. The van der Waals surface area contributed by atoms with E-state index in [9.17, 15) is 10.0 Å². The maximum absolute atomic E-state index is 13.1. The number of aryl methyl sites for hydroxylation is 1. The maximum Gasteiger partial charge on any atom is 0.285 e. The average molecular weight is 366 g/mol. The summed E-state index contributed by atoms with van der Waals surface area (Å²) >= 11 is 1.19. The average Bonchev–Trinajstić information content (AvgIpc) is 3.04. The van der Waals surface area contributed by atoms with Crippen LogP contribution >= 0.6 is 11.3 Å². The summed E-state index contributed by atoms with van der Waals surface area (Å²) < 4.78 is 2.82. The summed E-state index contributed by atoms with van der Waals surface area (Å²) in [4.78, 5) is 20.0. The molecular weight excluding hydrogens is 348 g/mol. The summed E-state index contributed by atoms with van der Waals surface area (Å²) in [6.07, 6.45) is 3.95. The Bertz CT molecular complexity index is 1180. The highest BCUT2D eigenvalue weighted by atomic mass is 32.1. The Morgan fingerprint density at radius 3 is 2.62 bits per heavy atom. The molecule has 0 aliphatic rings. The van der Waals surface area contributed by atoms with Crippen LogP contribution in [0.5, 0.6) is 0 Å². The monoisotopic (exact) mass is 366 g/mol. The Balaban J connectivity index is 2.01. The van der Waals surface area contributed by atoms with Crippen LogP contribution in [0.3, 0.4) is 0 Å². The molecule has 0 radical (unpaired) electrons. The summed E-state index contributed by atoms with van der Waals surface area (Å²) in [5.74, 6) is 0. The van der Waals surface area contributed by atoms with Gasteiger partial charge in [0, 0.05) is 20.2 Å².